The SMILES string of the molecule is CCCCN(C(=O)CN1CCN(c2ccc(O)cc2)CC1)[C@H]1CCS(=O)(=O)C1. The number of piperazine rings is 1. The number of hydrogen-bond acceptors (Lipinski definition) is 6. The molecule has 156 valence electrons. The molecule has 1 aromatic rings. The first-order valence-electron chi connectivity index (χ1n) is 10.1. The van der Waals surface area contributed by atoms with Crippen LogP contribution in [0.5, 0.6) is 5.75 Å². The molecule has 0 saturated carbocycles. The minimum Gasteiger partial charge on any atom is -0.508 e. The van der Waals surface area contributed by atoms with Crippen molar-refractivity contribution in [3.63, 3.8) is 0 Å². The lowest BCUT2D eigenvalue weighted by Gasteiger charge is -2.37. The van der Waals surface area contributed by atoms with Gasteiger partial charge in [0.25, 0.3) is 0 Å². The Hall–Kier alpha value is -1.80. The average Bonchev–Trinajstić information content (AvgIpc) is 3.03. The molecule has 1 amide bonds. The number of carbonyl (C=O) groups is 1. The van der Waals surface area contributed by atoms with Crippen LogP contribution in [0.3, 0.4) is 0 Å². The van der Waals surface area contributed by atoms with Crippen molar-refractivity contribution in [2.45, 2.75) is 32.2 Å². The third kappa shape index (κ3) is 5.38. The van der Waals surface area contributed by atoms with Crippen LogP contribution in [0.25, 0.3) is 0 Å². The van der Waals surface area contributed by atoms with Crippen molar-refractivity contribution >= 4 is 21.4 Å². The number of sulfone groups is 1. The first kappa shape index (κ1) is 20.9. The topological polar surface area (TPSA) is 81.2 Å². The van der Waals surface area contributed by atoms with Crippen molar-refractivity contribution in [1.82, 2.24) is 9.80 Å². The first-order chi connectivity index (χ1) is 13.4. The number of benzene rings is 1. The fraction of sp³-hybridized carbons (Fsp3) is 0.650. The third-order valence-electron chi connectivity index (χ3n) is 5.67. The molecule has 2 aliphatic rings. The standard InChI is InChI=1S/C20H31N3O4S/c1-2-3-9-23(18-8-14-28(26,27)16-18)20(25)15-21-10-12-22(13-11-21)17-4-6-19(24)7-5-17/h4-7,18,24H,2-3,8-16H2,1H3/t18-/m0/s1. The maximum Gasteiger partial charge on any atom is 0.237 e. The Bertz CT molecular complexity index is 758. The minimum absolute atomic E-state index is 0.0497. The highest BCUT2D eigenvalue weighted by Gasteiger charge is 2.35. The average molecular weight is 410 g/mol. The van der Waals surface area contributed by atoms with Gasteiger partial charge in [-0.2, -0.15) is 0 Å². The van der Waals surface area contributed by atoms with E-state index in [9.17, 15) is 18.3 Å². The molecule has 8 heteroatoms. The number of hydrogen-bond donors (Lipinski definition) is 1. The van der Waals surface area contributed by atoms with Gasteiger partial charge < -0.3 is 14.9 Å². The maximum absolute atomic E-state index is 13.0. The van der Waals surface area contributed by atoms with Gasteiger partial charge in [-0.25, -0.2) is 8.42 Å². The van der Waals surface area contributed by atoms with Crippen LogP contribution in [0.15, 0.2) is 24.3 Å². The smallest absolute Gasteiger partial charge is 0.237 e. The largest absolute Gasteiger partial charge is 0.508 e. The highest BCUT2D eigenvalue weighted by Crippen LogP contribution is 2.21. The van der Waals surface area contributed by atoms with E-state index in [0.717, 1.165) is 44.7 Å². The predicted molar refractivity (Wildman–Crippen MR) is 110 cm³/mol. The van der Waals surface area contributed by atoms with Crippen molar-refractivity contribution < 1.29 is 18.3 Å². The number of rotatable bonds is 7. The van der Waals surface area contributed by atoms with E-state index in [1.165, 1.54) is 0 Å². The van der Waals surface area contributed by atoms with Gasteiger partial charge in [-0.1, -0.05) is 13.3 Å². The van der Waals surface area contributed by atoms with Crippen LogP contribution in [0, 0.1) is 0 Å². The summed E-state index contributed by atoms with van der Waals surface area (Å²) in [5.41, 5.74) is 1.07. The van der Waals surface area contributed by atoms with Crippen LogP contribution in [0.1, 0.15) is 26.2 Å². The highest BCUT2D eigenvalue weighted by atomic mass is 32.2. The molecule has 2 aliphatic heterocycles. The second kappa shape index (κ2) is 9.13. The molecule has 2 fully saturated rings. The Labute approximate surface area is 167 Å². The third-order valence-corrected chi connectivity index (χ3v) is 7.42. The first-order valence-corrected chi connectivity index (χ1v) is 12.0. The van der Waals surface area contributed by atoms with Crippen molar-refractivity contribution in [3.8, 4) is 5.75 Å². The summed E-state index contributed by atoms with van der Waals surface area (Å²) < 4.78 is 23.7. The van der Waals surface area contributed by atoms with E-state index in [0.29, 0.717) is 19.5 Å². The lowest BCUT2D eigenvalue weighted by Crippen LogP contribution is -2.52. The molecule has 0 aliphatic carbocycles. The number of phenolic OH excluding ortho intramolecular Hbond substituents is 1. The number of aromatic hydroxyl groups is 1. The van der Waals surface area contributed by atoms with Crippen LogP contribution in [0.4, 0.5) is 5.69 Å². The monoisotopic (exact) mass is 409 g/mol. The molecule has 2 saturated heterocycles. The molecular formula is C20H31N3O4S. The second-order valence-corrected chi connectivity index (χ2v) is 10.0. The van der Waals surface area contributed by atoms with Gasteiger partial charge in [0.15, 0.2) is 9.84 Å². The van der Waals surface area contributed by atoms with Gasteiger partial charge >= 0.3 is 0 Å². The summed E-state index contributed by atoms with van der Waals surface area (Å²) in [6.07, 6.45) is 2.44. The summed E-state index contributed by atoms with van der Waals surface area (Å²) in [5, 5.41) is 9.43. The fourth-order valence-electron chi connectivity index (χ4n) is 3.97. The van der Waals surface area contributed by atoms with Gasteiger partial charge in [0.05, 0.1) is 18.1 Å². The molecule has 3 rings (SSSR count). The van der Waals surface area contributed by atoms with E-state index in [4.69, 9.17) is 0 Å². The number of unbranched alkanes of at least 4 members (excludes halogenated alkanes) is 1. The van der Waals surface area contributed by atoms with Crippen molar-refractivity contribution in [1.29, 1.82) is 0 Å². The minimum atomic E-state index is -3.01. The molecule has 28 heavy (non-hydrogen) atoms. The summed E-state index contributed by atoms with van der Waals surface area (Å²) in [4.78, 5) is 19.2. The molecule has 2 heterocycles. The molecule has 0 radical (unpaired) electrons. The number of nitrogens with zero attached hydrogens (tertiary/aromatic N) is 3. The van der Waals surface area contributed by atoms with E-state index in [2.05, 4.69) is 16.7 Å². The number of carbonyl (C=O) groups excluding carboxylic acids is 1. The molecule has 0 bridgehead atoms. The summed E-state index contributed by atoms with van der Waals surface area (Å²) in [7, 11) is -3.01. The van der Waals surface area contributed by atoms with Crippen LogP contribution in [0.2, 0.25) is 0 Å². The Morgan fingerprint density at radius 1 is 1.18 bits per heavy atom. The zero-order chi connectivity index (χ0) is 20.1. The Balaban J connectivity index is 1.54. The van der Waals surface area contributed by atoms with Crippen molar-refractivity contribution in [2.24, 2.45) is 0 Å². The molecule has 0 spiro atoms. The lowest BCUT2D eigenvalue weighted by atomic mass is 10.2. The van der Waals surface area contributed by atoms with E-state index in [-0.39, 0.29) is 29.2 Å². The van der Waals surface area contributed by atoms with Crippen LogP contribution in [-0.4, -0.2) is 86.0 Å². The number of phenols is 1. The highest BCUT2D eigenvalue weighted by molar-refractivity contribution is 7.91. The van der Waals surface area contributed by atoms with E-state index >= 15 is 0 Å². The fourth-order valence-corrected chi connectivity index (χ4v) is 5.70. The molecule has 1 aromatic carbocycles. The van der Waals surface area contributed by atoms with Gasteiger partial charge in [-0.05, 0) is 37.1 Å². The Kier molecular flexibility index (Phi) is 6.82. The molecule has 1 atom stereocenters. The Morgan fingerprint density at radius 2 is 1.86 bits per heavy atom. The molecular weight excluding hydrogens is 378 g/mol. The number of amides is 1. The van der Waals surface area contributed by atoms with Crippen LogP contribution in [-0.2, 0) is 14.6 Å². The predicted octanol–water partition coefficient (Wildman–Crippen LogP) is 1.33. The summed E-state index contributed by atoms with van der Waals surface area (Å²) >= 11 is 0. The van der Waals surface area contributed by atoms with Gasteiger partial charge in [0.1, 0.15) is 5.75 Å². The summed E-state index contributed by atoms with van der Waals surface area (Å²) in [6.45, 7) is 6.30. The quantitative estimate of drug-likeness (QED) is 0.732. The van der Waals surface area contributed by atoms with Gasteiger partial charge in [-0.3, -0.25) is 9.69 Å². The van der Waals surface area contributed by atoms with Crippen LogP contribution < -0.4 is 4.90 Å². The zero-order valence-electron chi connectivity index (χ0n) is 16.6. The maximum atomic E-state index is 13.0. The Morgan fingerprint density at radius 3 is 2.43 bits per heavy atom. The molecule has 0 aromatic heterocycles. The second-order valence-electron chi connectivity index (χ2n) is 7.78. The summed E-state index contributed by atoms with van der Waals surface area (Å²) in [6, 6.07) is 7.02. The number of anilines is 1. The van der Waals surface area contributed by atoms with E-state index in [1.807, 2.05) is 17.0 Å². The van der Waals surface area contributed by atoms with Crippen molar-refractivity contribution in [3.05, 3.63) is 24.3 Å². The van der Waals surface area contributed by atoms with Crippen molar-refractivity contribution in [2.75, 3.05) is 55.7 Å². The van der Waals surface area contributed by atoms with Gasteiger partial charge in [0, 0.05) is 44.5 Å². The van der Waals surface area contributed by atoms with Crippen LogP contribution >= 0.6 is 0 Å². The van der Waals surface area contributed by atoms with E-state index < -0.39 is 9.84 Å². The zero-order valence-corrected chi connectivity index (χ0v) is 17.4. The lowest BCUT2D eigenvalue weighted by molar-refractivity contribution is -0.134. The molecule has 7 nitrogen and oxygen atoms in total. The van der Waals surface area contributed by atoms with E-state index in [1.54, 1.807) is 12.1 Å². The van der Waals surface area contributed by atoms with Gasteiger partial charge in [0.2, 0.25) is 5.91 Å². The normalized spacial score (nSPS) is 22.3. The van der Waals surface area contributed by atoms with Gasteiger partial charge in [-0.15, -0.1) is 0 Å². The molecule has 1 N–H and O–H groups in total. The molecule has 0 unspecified atom stereocenters. The summed E-state index contributed by atoms with van der Waals surface area (Å²) in [5.74, 6) is 0.610.